The minimum atomic E-state index is -1.25. The first kappa shape index (κ1) is 21.7. The van der Waals surface area contributed by atoms with Gasteiger partial charge >= 0.3 is 0 Å². The van der Waals surface area contributed by atoms with Crippen molar-refractivity contribution in [1.29, 1.82) is 0 Å². The molecule has 4 aromatic carbocycles. The molecule has 7 rings (SSSR count). The Morgan fingerprint density at radius 3 is 2.41 bits per heavy atom. The zero-order valence-corrected chi connectivity index (χ0v) is 20.2. The molecule has 0 bridgehead atoms. The fraction of sp³-hybridized carbons (Fsp3) is 0.156. The molecule has 0 aliphatic carbocycles. The van der Waals surface area contributed by atoms with Crippen molar-refractivity contribution in [2.75, 3.05) is 10.2 Å². The van der Waals surface area contributed by atoms with Gasteiger partial charge in [-0.3, -0.25) is 14.4 Å². The quantitative estimate of drug-likeness (QED) is 0.396. The molecule has 3 heterocycles. The maximum absolute atomic E-state index is 14.4. The van der Waals surface area contributed by atoms with Crippen molar-refractivity contribution in [2.24, 2.45) is 5.92 Å². The summed E-state index contributed by atoms with van der Waals surface area (Å²) < 4.78 is 0. The second-order valence-electron chi connectivity index (χ2n) is 10.1. The molecule has 3 aliphatic heterocycles. The van der Waals surface area contributed by atoms with Crippen LogP contribution in [0, 0.1) is 5.92 Å². The second kappa shape index (κ2) is 7.74. The summed E-state index contributed by atoms with van der Waals surface area (Å²) in [5.41, 5.74) is 2.57. The van der Waals surface area contributed by atoms with Crippen LogP contribution in [0.25, 0.3) is 16.8 Å². The highest BCUT2D eigenvalue weighted by Crippen LogP contribution is 2.58. The van der Waals surface area contributed by atoms with Crippen LogP contribution in [0.3, 0.4) is 0 Å². The average molecular weight is 485 g/mol. The highest BCUT2D eigenvalue weighted by molar-refractivity contribution is 6.17. The summed E-state index contributed by atoms with van der Waals surface area (Å²) in [7, 11) is 0. The summed E-state index contributed by atoms with van der Waals surface area (Å²) >= 11 is 0. The van der Waals surface area contributed by atoms with E-state index in [1.54, 1.807) is 12.1 Å². The molecule has 1 saturated heterocycles. The molecule has 3 aliphatic rings. The largest absolute Gasteiger partial charge is 0.352 e. The number of anilines is 2. The number of nitrogens with zero attached hydrogens (tertiary/aromatic N) is 1. The summed E-state index contributed by atoms with van der Waals surface area (Å²) in [5.74, 6) is -1.47. The number of amides is 1. The molecule has 0 radical (unpaired) electrons. The molecular formula is C32H24N2O3. The number of hydrogen-bond donors (Lipinski definition) is 1. The van der Waals surface area contributed by atoms with Crippen molar-refractivity contribution in [3.8, 4) is 0 Å². The lowest BCUT2D eigenvalue weighted by atomic mass is 9.64. The number of fused-ring (bicyclic) bond motifs is 8. The Labute approximate surface area is 214 Å². The number of nitrogens with one attached hydrogen (secondary N) is 1. The number of carbonyl (C=O) groups is 3. The van der Waals surface area contributed by atoms with E-state index in [0.717, 1.165) is 27.6 Å². The number of Topliss-reactive ketones (excluding diaryl/α,β-unsaturated/α-hetero) is 2. The monoisotopic (exact) mass is 484 g/mol. The van der Waals surface area contributed by atoms with Crippen LogP contribution in [0.2, 0.25) is 0 Å². The van der Waals surface area contributed by atoms with Gasteiger partial charge in [0.2, 0.25) is 5.91 Å². The van der Waals surface area contributed by atoms with E-state index in [0.29, 0.717) is 11.3 Å². The predicted octanol–water partition coefficient (Wildman–Crippen LogP) is 5.40. The third-order valence-corrected chi connectivity index (χ3v) is 8.30. The zero-order valence-electron chi connectivity index (χ0n) is 20.2. The van der Waals surface area contributed by atoms with Crippen LogP contribution in [-0.4, -0.2) is 29.6 Å². The Kier molecular flexibility index (Phi) is 4.55. The molecule has 37 heavy (non-hydrogen) atoms. The molecule has 0 aromatic heterocycles. The van der Waals surface area contributed by atoms with Crippen LogP contribution in [0.5, 0.6) is 0 Å². The smallest absolute Gasteiger partial charge is 0.238 e. The van der Waals surface area contributed by atoms with E-state index >= 15 is 0 Å². The van der Waals surface area contributed by atoms with E-state index in [-0.39, 0.29) is 17.5 Å². The molecule has 4 aromatic rings. The second-order valence-corrected chi connectivity index (χ2v) is 10.1. The number of benzene rings is 4. The Hall–Kier alpha value is -4.51. The SMILES string of the molecule is CC(=O)[C@H]1[C@@H](C(=O)c2ccccc2)[C@]2(C(=O)Nc3ccccc32)[C@H]2C=Cc3c(ccc4ccccc34)N12. The highest BCUT2D eigenvalue weighted by Gasteiger charge is 2.69. The first-order valence-corrected chi connectivity index (χ1v) is 12.5. The van der Waals surface area contributed by atoms with Crippen molar-refractivity contribution >= 4 is 45.7 Å². The standard InChI is InChI=1S/C32H24N2O3/c1-19(35)29-28(30(36)21-10-3-2-4-11-21)32(24-13-7-8-14-25(24)33-31(32)37)27-18-16-23-22-12-6-5-9-20(22)15-17-26(23)34(27)29/h2-18,27-29H,1H3,(H,33,37)/t27-,28+,29+,32-/m1/s1. The normalized spacial score (nSPS) is 25.1. The molecule has 5 heteroatoms. The lowest BCUT2D eigenvalue weighted by Gasteiger charge is -2.38. The van der Waals surface area contributed by atoms with Crippen molar-refractivity contribution in [3.05, 3.63) is 114 Å². The Morgan fingerprint density at radius 1 is 0.865 bits per heavy atom. The molecule has 1 amide bonds. The molecule has 1 N–H and O–H groups in total. The topological polar surface area (TPSA) is 66.5 Å². The van der Waals surface area contributed by atoms with Gasteiger partial charge in [-0.05, 0) is 35.4 Å². The van der Waals surface area contributed by atoms with E-state index in [1.807, 2.05) is 77.7 Å². The zero-order chi connectivity index (χ0) is 25.3. The molecule has 4 atom stereocenters. The van der Waals surface area contributed by atoms with E-state index in [2.05, 4.69) is 23.5 Å². The summed E-state index contributed by atoms with van der Waals surface area (Å²) in [4.78, 5) is 44.0. The third-order valence-electron chi connectivity index (χ3n) is 8.30. The average Bonchev–Trinajstić information content (AvgIpc) is 3.41. The van der Waals surface area contributed by atoms with Crippen LogP contribution in [0.4, 0.5) is 11.4 Å². The van der Waals surface area contributed by atoms with Gasteiger partial charge < -0.3 is 10.2 Å². The van der Waals surface area contributed by atoms with Gasteiger partial charge in [-0.25, -0.2) is 0 Å². The van der Waals surface area contributed by atoms with E-state index in [4.69, 9.17) is 0 Å². The Morgan fingerprint density at radius 2 is 1.59 bits per heavy atom. The van der Waals surface area contributed by atoms with Crippen molar-refractivity contribution in [2.45, 2.75) is 24.4 Å². The number of ketones is 2. The minimum absolute atomic E-state index is 0.136. The molecule has 0 saturated carbocycles. The van der Waals surface area contributed by atoms with E-state index in [9.17, 15) is 14.4 Å². The summed E-state index contributed by atoms with van der Waals surface area (Å²) in [6.07, 6.45) is 4.08. The molecule has 1 fully saturated rings. The Balaban J connectivity index is 1.54. The number of para-hydroxylation sites is 1. The van der Waals surface area contributed by atoms with Gasteiger partial charge in [-0.2, -0.15) is 0 Å². The molecule has 1 spiro atoms. The van der Waals surface area contributed by atoms with Gasteiger partial charge in [0, 0.05) is 22.5 Å². The predicted molar refractivity (Wildman–Crippen MR) is 145 cm³/mol. The first-order chi connectivity index (χ1) is 18.0. The number of carbonyl (C=O) groups excluding carboxylic acids is 3. The van der Waals surface area contributed by atoms with Gasteiger partial charge in [0.1, 0.15) is 5.41 Å². The molecule has 5 nitrogen and oxygen atoms in total. The summed E-state index contributed by atoms with van der Waals surface area (Å²) in [6, 6.07) is 27.5. The first-order valence-electron chi connectivity index (χ1n) is 12.5. The fourth-order valence-electron chi connectivity index (χ4n) is 6.87. The Bertz CT molecular complexity index is 1660. The van der Waals surface area contributed by atoms with Crippen molar-refractivity contribution in [3.63, 3.8) is 0 Å². The van der Waals surface area contributed by atoms with Crippen molar-refractivity contribution < 1.29 is 14.4 Å². The van der Waals surface area contributed by atoms with E-state index in [1.165, 1.54) is 6.92 Å². The van der Waals surface area contributed by atoms with Gasteiger partial charge in [0.15, 0.2) is 11.6 Å². The van der Waals surface area contributed by atoms with Crippen LogP contribution in [-0.2, 0) is 15.0 Å². The van der Waals surface area contributed by atoms with Gasteiger partial charge in [0.05, 0.1) is 18.0 Å². The van der Waals surface area contributed by atoms with Crippen LogP contribution < -0.4 is 10.2 Å². The summed E-state index contributed by atoms with van der Waals surface area (Å²) in [5, 5.41) is 5.22. The lowest BCUT2D eigenvalue weighted by molar-refractivity contribution is -0.122. The van der Waals surface area contributed by atoms with Gasteiger partial charge in [0.25, 0.3) is 0 Å². The fourth-order valence-corrected chi connectivity index (χ4v) is 6.87. The van der Waals surface area contributed by atoms with Crippen LogP contribution in [0.15, 0.2) is 97.1 Å². The summed E-state index contributed by atoms with van der Waals surface area (Å²) in [6.45, 7) is 1.53. The van der Waals surface area contributed by atoms with E-state index < -0.39 is 23.4 Å². The van der Waals surface area contributed by atoms with Gasteiger partial charge in [-0.15, -0.1) is 0 Å². The molecule has 0 unspecified atom stereocenters. The number of hydrogen-bond acceptors (Lipinski definition) is 4. The molecular weight excluding hydrogens is 460 g/mol. The van der Waals surface area contributed by atoms with Crippen molar-refractivity contribution in [1.82, 2.24) is 0 Å². The number of rotatable bonds is 3. The van der Waals surface area contributed by atoms with Gasteiger partial charge in [-0.1, -0.05) is 91.0 Å². The third kappa shape index (κ3) is 2.77. The highest BCUT2D eigenvalue weighted by atomic mass is 16.2. The minimum Gasteiger partial charge on any atom is -0.352 e. The maximum atomic E-state index is 14.4. The molecule has 180 valence electrons. The lowest BCUT2D eigenvalue weighted by Crippen LogP contribution is -2.51. The van der Waals surface area contributed by atoms with Crippen LogP contribution in [0.1, 0.15) is 28.4 Å². The maximum Gasteiger partial charge on any atom is 0.238 e. The van der Waals surface area contributed by atoms with Crippen LogP contribution >= 0.6 is 0 Å².